The summed E-state index contributed by atoms with van der Waals surface area (Å²) in [6.45, 7) is -4.75. The number of nitrogens with one attached hydrogen (secondary N) is 1. The van der Waals surface area contributed by atoms with Crippen LogP contribution in [-0.4, -0.2) is 46.6 Å². The Morgan fingerprint density at radius 2 is 1.65 bits per heavy atom. The number of hydrogen-bond donors (Lipinski definition) is 1. The zero-order valence-corrected chi connectivity index (χ0v) is 17.3. The smallest absolute Gasteiger partial charge is 0.387 e. The Balaban J connectivity index is 1.95. The fraction of sp³-hybridized carbons (Fsp3) is 0.333. The number of imidazole rings is 1. The van der Waals surface area contributed by atoms with E-state index in [0.717, 1.165) is 17.7 Å². The number of ether oxygens (including phenoxy) is 4. The minimum Gasteiger partial charge on any atom is -0.492 e. The molecule has 0 bridgehead atoms. The number of alkyl halides is 4. The van der Waals surface area contributed by atoms with Crippen molar-refractivity contribution >= 4 is 21.8 Å². The predicted molar refractivity (Wildman–Crippen MR) is 102 cm³/mol. The number of benzene rings is 1. The molecule has 1 unspecified atom stereocenters. The van der Waals surface area contributed by atoms with Crippen LogP contribution in [0.5, 0.6) is 23.0 Å². The summed E-state index contributed by atoms with van der Waals surface area (Å²) < 4.78 is 82.3. The Labute approximate surface area is 175 Å². The molecule has 0 saturated carbocycles. The fourth-order valence-electron chi connectivity index (χ4n) is 2.84. The molecular weight excluding hydrogens is 446 g/mol. The summed E-state index contributed by atoms with van der Waals surface area (Å²) in [5.41, 5.74) is 1.27. The van der Waals surface area contributed by atoms with E-state index >= 15 is 0 Å². The van der Waals surface area contributed by atoms with Gasteiger partial charge in [-0.25, -0.2) is 4.98 Å². The summed E-state index contributed by atoms with van der Waals surface area (Å²) >= 11 is 0. The molecule has 0 amide bonds. The van der Waals surface area contributed by atoms with Crippen LogP contribution in [0.15, 0.2) is 23.5 Å². The fourth-order valence-corrected chi connectivity index (χ4v) is 3.85. The molecule has 1 aromatic carbocycles. The first-order valence-corrected chi connectivity index (χ1v) is 9.93. The lowest BCUT2D eigenvalue weighted by Crippen LogP contribution is -2.07. The van der Waals surface area contributed by atoms with E-state index < -0.39 is 35.5 Å². The highest BCUT2D eigenvalue weighted by molar-refractivity contribution is 7.84. The van der Waals surface area contributed by atoms with Gasteiger partial charge in [-0.05, 0) is 6.92 Å². The zero-order valence-electron chi connectivity index (χ0n) is 16.4. The van der Waals surface area contributed by atoms with Crippen molar-refractivity contribution in [1.29, 1.82) is 0 Å². The summed E-state index contributed by atoms with van der Waals surface area (Å²) in [4.78, 5) is 11.0. The van der Waals surface area contributed by atoms with Crippen molar-refractivity contribution in [3.05, 3.63) is 29.6 Å². The van der Waals surface area contributed by atoms with Gasteiger partial charge in [0.1, 0.15) is 0 Å². The quantitative estimate of drug-likeness (QED) is 0.483. The number of aromatic amines is 1. The number of methoxy groups -OCH3 is 2. The molecule has 168 valence electrons. The third kappa shape index (κ3) is 4.98. The van der Waals surface area contributed by atoms with E-state index in [1.54, 1.807) is 6.92 Å². The van der Waals surface area contributed by atoms with E-state index in [1.165, 1.54) is 20.4 Å². The highest BCUT2D eigenvalue weighted by atomic mass is 32.2. The molecule has 31 heavy (non-hydrogen) atoms. The third-order valence-corrected chi connectivity index (χ3v) is 5.25. The van der Waals surface area contributed by atoms with E-state index in [0.29, 0.717) is 17.2 Å². The second-order valence-corrected chi connectivity index (χ2v) is 7.43. The van der Waals surface area contributed by atoms with E-state index in [1.807, 2.05) is 0 Å². The monoisotopic (exact) mass is 463 g/mol. The van der Waals surface area contributed by atoms with Gasteiger partial charge in [-0.2, -0.15) is 17.6 Å². The van der Waals surface area contributed by atoms with Crippen LogP contribution in [0.4, 0.5) is 17.6 Å². The van der Waals surface area contributed by atoms with Gasteiger partial charge in [-0.3, -0.25) is 9.19 Å². The Morgan fingerprint density at radius 3 is 2.23 bits per heavy atom. The molecule has 0 spiro atoms. The summed E-state index contributed by atoms with van der Waals surface area (Å²) in [5, 5.41) is -0.0319. The first-order valence-electron chi connectivity index (χ1n) is 8.61. The maximum atomic E-state index is 12.8. The number of rotatable bonds is 9. The van der Waals surface area contributed by atoms with Crippen LogP contribution in [0, 0.1) is 6.92 Å². The van der Waals surface area contributed by atoms with E-state index in [4.69, 9.17) is 9.47 Å². The molecular formula is C18H17F4N3O5S. The molecule has 1 N–H and O–H groups in total. The molecule has 13 heteroatoms. The highest BCUT2D eigenvalue weighted by Crippen LogP contribution is 2.36. The second kappa shape index (κ2) is 9.37. The molecule has 0 fully saturated rings. The molecule has 2 aromatic heterocycles. The SMILES string of the molecule is COc1c(C)cnc(CS(=O)c2nc3cc(OC(F)F)c(OC(F)F)cc3[nH]2)c1OC. The Bertz CT molecular complexity index is 1060. The minimum atomic E-state index is -3.26. The van der Waals surface area contributed by atoms with Crippen molar-refractivity contribution < 1.29 is 40.7 Å². The normalized spacial score (nSPS) is 12.4. The third-order valence-electron chi connectivity index (χ3n) is 4.09. The van der Waals surface area contributed by atoms with Gasteiger partial charge in [0.2, 0.25) is 0 Å². The van der Waals surface area contributed by atoms with E-state index in [2.05, 4.69) is 24.4 Å². The van der Waals surface area contributed by atoms with Gasteiger partial charge in [0.15, 0.2) is 28.2 Å². The topological polar surface area (TPSA) is 95.6 Å². The maximum absolute atomic E-state index is 12.8. The van der Waals surface area contributed by atoms with Crippen LogP contribution in [0.1, 0.15) is 11.3 Å². The number of nitrogens with zero attached hydrogens (tertiary/aromatic N) is 2. The van der Waals surface area contributed by atoms with Crippen molar-refractivity contribution in [1.82, 2.24) is 15.0 Å². The molecule has 1 atom stereocenters. The van der Waals surface area contributed by atoms with E-state index in [9.17, 15) is 21.8 Å². The average molecular weight is 463 g/mol. The number of halogens is 4. The number of aromatic nitrogens is 3. The van der Waals surface area contributed by atoms with Crippen LogP contribution in [0.3, 0.4) is 0 Å². The lowest BCUT2D eigenvalue weighted by molar-refractivity contribution is -0.0690. The largest absolute Gasteiger partial charge is 0.492 e. The van der Waals surface area contributed by atoms with Crippen LogP contribution in [0.25, 0.3) is 11.0 Å². The number of pyridine rings is 1. The van der Waals surface area contributed by atoms with Crippen molar-refractivity contribution in [3.63, 3.8) is 0 Å². The van der Waals surface area contributed by atoms with Gasteiger partial charge >= 0.3 is 13.2 Å². The Morgan fingerprint density at radius 1 is 1.03 bits per heavy atom. The predicted octanol–water partition coefficient (Wildman–Crippen LogP) is 3.79. The van der Waals surface area contributed by atoms with Gasteiger partial charge in [0.25, 0.3) is 0 Å². The zero-order chi connectivity index (χ0) is 22.7. The maximum Gasteiger partial charge on any atom is 0.387 e. The summed E-state index contributed by atoms with van der Waals surface area (Å²) in [6, 6.07) is 2.00. The number of H-pyrrole nitrogens is 1. The molecule has 0 aliphatic carbocycles. The first-order chi connectivity index (χ1) is 14.7. The van der Waals surface area contributed by atoms with Gasteiger partial charge in [0.05, 0.1) is 47.5 Å². The summed E-state index contributed by atoms with van der Waals surface area (Å²) in [5.74, 6) is -0.599. The summed E-state index contributed by atoms with van der Waals surface area (Å²) in [6.07, 6.45) is 1.54. The number of fused-ring (bicyclic) bond motifs is 1. The molecule has 3 rings (SSSR count). The molecule has 0 aliphatic rings. The average Bonchev–Trinajstić information content (AvgIpc) is 3.11. The molecule has 0 aliphatic heterocycles. The van der Waals surface area contributed by atoms with Gasteiger partial charge < -0.3 is 23.9 Å². The van der Waals surface area contributed by atoms with Gasteiger partial charge in [-0.1, -0.05) is 0 Å². The Hall–Kier alpha value is -3.09. The van der Waals surface area contributed by atoms with Crippen molar-refractivity contribution in [2.45, 2.75) is 31.1 Å². The number of hydrogen-bond acceptors (Lipinski definition) is 7. The van der Waals surface area contributed by atoms with Crippen LogP contribution in [0.2, 0.25) is 0 Å². The Kier molecular flexibility index (Phi) is 6.83. The summed E-state index contributed by atoms with van der Waals surface area (Å²) in [7, 11) is 1.11. The molecule has 0 saturated heterocycles. The van der Waals surface area contributed by atoms with Crippen LogP contribution < -0.4 is 18.9 Å². The van der Waals surface area contributed by atoms with Crippen molar-refractivity contribution in [2.24, 2.45) is 0 Å². The lowest BCUT2D eigenvalue weighted by atomic mass is 10.2. The molecule has 8 nitrogen and oxygen atoms in total. The van der Waals surface area contributed by atoms with Gasteiger partial charge in [-0.15, -0.1) is 0 Å². The first kappa shape index (κ1) is 22.6. The van der Waals surface area contributed by atoms with Crippen molar-refractivity contribution in [3.8, 4) is 23.0 Å². The van der Waals surface area contributed by atoms with Gasteiger partial charge in [0, 0.05) is 23.9 Å². The second-order valence-electron chi connectivity index (χ2n) is 6.06. The molecule has 0 radical (unpaired) electrons. The van der Waals surface area contributed by atoms with Crippen LogP contribution in [-0.2, 0) is 16.6 Å². The van der Waals surface area contributed by atoms with Crippen LogP contribution >= 0.6 is 0 Å². The molecule has 3 aromatic rings. The minimum absolute atomic E-state index is 0.0319. The van der Waals surface area contributed by atoms with Crippen molar-refractivity contribution in [2.75, 3.05) is 14.2 Å². The highest BCUT2D eigenvalue weighted by Gasteiger charge is 2.21. The standard InChI is InChI=1S/C18H17F4N3O5S/c1-8-6-23-11(15(28-3)14(8)27-2)7-31(26)18-24-9-4-12(29-16(19)20)13(30-17(21)22)5-10(9)25-18/h4-6,16-17H,7H2,1-3H3,(H,24,25). The number of aryl methyl sites for hydroxylation is 1. The lowest BCUT2D eigenvalue weighted by Gasteiger charge is -2.13. The van der Waals surface area contributed by atoms with E-state index in [-0.39, 0.29) is 21.9 Å². The molecule has 2 heterocycles.